The lowest BCUT2D eigenvalue weighted by Crippen LogP contribution is -2.42. The second kappa shape index (κ2) is 10.8. The summed E-state index contributed by atoms with van der Waals surface area (Å²) in [6, 6.07) is 11.8. The predicted molar refractivity (Wildman–Crippen MR) is 127 cm³/mol. The van der Waals surface area contributed by atoms with Gasteiger partial charge in [0.1, 0.15) is 11.5 Å². The monoisotopic (exact) mass is 420 g/mol. The van der Waals surface area contributed by atoms with E-state index in [1.54, 1.807) is 7.11 Å². The lowest BCUT2D eigenvalue weighted by Gasteiger charge is -2.24. The van der Waals surface area contributed by atoms with Gasteiger partial charge in [-0.1, -0.05) is 54.1 Å². The summed E-state index contributed by atoms with van der Waals surface area (Å²) in [6.45, 7) is 5.77. The summed E-state index contributed by atoms with van der Waals surface area (Å²) in [6.07, 6.45) is 8.06. The number of ether oxygens (including phenoxy) is 1. The van der Waals surface area contributed by atoms with Crippen LogP contribution in [0.4, 0.5) is 0 Å². The Morgan fingerprint density at radius 2 is 1.90 bits per heavy atom. The standard InChI is InChI=1S/C26H32N2O3/c1-18(2)9-12-22-23(31-3)17-20(11-10-19-7-5-4-6-8-19)24(25(22)29)26(30)28-21-13-15-27-16-14-21/h4-11,17,21,27,29H,12-16H2,1-3H3,(H,28,30)/b11-10+. The number of rotatable bonds is 7. The third kappa shape index (κ3) is 5.98. The highest BCUT2D eigenvalue weighted by Gasteiger charge is 2.24. The lowest BCUT2D eigenvalue weighted by atomic mass is 9.96. The first kappa shape index (κ1) is 22.6. The van der Waals surface area contributed by atoms with Crippen molar-refractivity contribution in [3.05, 3.63) is 70.3 Å². The van der Waals surface area contributed by atoms with Crippen LogP contribution in [0.5, 0.6) is 11.5 Å². The fourth-order valence-electron chi connectivity index (χ4n) is 3.73. The molecule has 0 aromatic heterocycles. The van der Waals surface area contributed by atoms with Gasteiger partial charge in [0.15, 0.2) is 0 Å². The molecular formula is C26H32N2O3. The van der Waals surface area contributed by atoms with Crippen LogP contribution in [0.3, 0.4) is 0 Å². The highest BCUT2D eigenvalue weighted by Crippen LogP contribution is 2.36. The van der Waals surface area contributed by atoms with Gasteiger partial charge in [0.05, 0.1) is 12.7 Å². The third-order valence-corrected chi connectivity index (χ3v) is 5.49. The molecule has 0 bridgehead atoms. The highest BCUT2D eigenvalue weighted by atomic mass is 16.5. The van der Waals surface area contributed by atoms with Crippen molar-refractivity contribution in [1.29, 1.82) is 0 Å². The molecule has 5 nitrogen and oxygen atoms in total. The minimum Gasteiger partial charge on any atom is -0.507 e. The Balaban J connectivity index is 2.03. The van der Waals surface area contributed by atoms with Crippen molar-refractivity contribution < 1.29 is 14.6 Å². The van der Waals surface area contributed by atoms with E-state index in [2.05, 4.69) is 10.6 Å². The summed E-state index contributed by atoms with van der Waals surface area (Å²) in [5.41, 5.74) is 3.69. The summed E-state index contributed by atoms with van der Waals surface area (Å²) in [5.74, 6) is 0.301. The van der Waals surface area contributed by atoms with Crippen molar-refractivity contribution in [2.24, 2.45) is 0 Å². The molecule has 3 N–H and O–H groups in total. The van der Waals surface area contributed by atoms with Crippen molar-refractivity contribution in [2.75, 3.05) is 20.2 Å². The third-order valence-electron chi connectivity index (χ3n) is 5.49. The van der Waals surface area contributed by atoms with Crippen molar-refractivity contribution in [3.8, 4) is 11.5 Å². The summed E-state index contributed by atoms with van der Waals surface area (Å²) >= 11 is 0. The average Bonchev–Trinajstić information content (AvgIpc) is 2.77. The van der Waals surface area contributed by atoms with E-state index in [9.17, 15) is 9.90 Å². The van der Waals surface area contributed by atoms with Crippen LogP contribution in [-0.4, -0.2) is 37.3 Å². The van der Waals surface area contributed by atoms with Crippen LogP contribution < -0.4 is 15.4 Å². The van der Waals surface area contributed by atoms with Gasteiger partial charge in [-0.15, -0.1) is 0 Å². The summed E-state index contributed by atoms with van der Waals surface area (Å²) in [7, 11) is 1.58. The Hall–Kier alpha value is -3.05. The van der Waals surface area contributed by atoms with E-state index in [1.165, 1.54) is 0 Å². The van der Waals surface area contributed by atoms with E-state index in [-0.39, 0.29) is 17.7 Å². The maximum Gasteiger partial charge on any atom is 0.255 e. The van der Waals surface area contributed by atoms with E-state index in [0.29, 0.717) is 28.9 Å². The first-order chi connectivity index (χ1) is 15.0. The van der Waals surface area contributed by atoms with Gasteiger partial charge < -0.3 is 20.5 Å². The maximum absolute atomic E-state index is 13.3. The molecule has 1 aliphatic rings. The second-order valence-corrected chi connectivity index (χ2v) is 8.10. The number of amides is 1. The van der Waals surface area contributed by atoms with Crippen LogP contribution in [0.2, 0.25) is 0 Å². The summed E-state index contributed by atoms with van der Waals surface area (Å²) in [5, 5.41) is 17.6. The molecule has 0 spiro atoms. The molecule has 1 aliphatic heterocycles. The number of carbonyl (C=O) groups excluding carboxylic acids is 1. The van der Waals surface area contributed by atoms with E-state index in [4.69, 9.17) is 4.74 Å². The highest BCUT2D eigenvalue weighted by molar-refractivity contribution is 6.02. The molecule has 3 rings (SSSR count). The summed E-state index contributed by atoms with van der Waals surface area (Å²) < 4.78 is 5.57. The molecule has 1 heterocycles. The molecule has 0 unspecified atom stereocenters. The largest absolute Gasteiger partial charge is 0.507 e. The Bertz CT molecular complexity index is 954. The van der Waals surface area contributed by atoms with Crippen LogP contribution in [-0.2, 0) is 6.42 Å². The van der Waals surface area contributed by atoms with Crippen LogP contribution in [0.1, 0.15) is 53.7 Å². The van der Waals surface area contributed by atoms with E-state index >= 15 is 0 Å². The molecule has 0 aliphatic carbocycles. The zero-order chi connectivity index (χ0) is 22.2. The molecule has 1 saturated heterocycles. The molecule has 0 saturated carbocycles. The number of nitrogens with one attached hydrogen (secondary N) is 2. The number of piperidine rings is 1. The van der Waals surface area contributed by atoms with Crippen LogP contribution in [0, 0.1) is 0 Å². The fourth-order valence-corrected chi connectivity index (χ4v) is 3.73. The Labute approximate surface area is 184 Å². The van der Waals surface area contributed by atoms with E-state index in [0.717, 1.165) is 37.1 Å². The van der Waals surface area contributed by atoms with Crippen LogP contribution in [0.15, 0.2) is 48.0 Å². The van der Waals surface area contributed by atoms with E-state index in [1.807, 2.05) is 68.5 Å². The number of carbonyl (C=O) groups is 1. The molecule has 5 heteroatoms. The Kier molecular flexibility index (Phi) is 7.90. The molecular weight excluding hydrogens is 388 g/mol. The maximum atomic E-state index is 13.3. The smallest absolute Gasteiger partial charge is 0.255 e. The number of hydrogen-bond acceptors (Lipinski definition) is 4. The normalized spacial score (nSPS) is 14.4. The van der Waals surface area contributed by atoms with Gasteiger partial charge in [-0.2, -0.15) is 0 Å². The van der Waals surface area contributed by atoms with Crippen molar-refractivity contribution in [2.45, 2.75) is 39.2 Å². The average molecular weight is 421 g/mol. The second-order valence-electron chi connectivity index (χ2n) is 8.10. The number of phenols is 1. The van der Waals surface area contributed by atoms with Crippen LogP contribution >= 0.6 is 0 Å². The van der Waals surface area contributed by atoms with Crippen molar-refractivity contribution >= 4 is 18.1 Å². The van der Waals surface area contributed by atoms with Gasteiger partial charge in [-0.3, -0.25) is 4.79 Å². The van der Waals surface area contributed by atoms with Gasteiger partial charge in [0.25, 0.3) is 5.91 Å². The number of allylic oxidation sites excluding steroid dienone is 2. The molecule has 2 aromatic carbocycles. The zero-order valence-electron chi connectivity index (χ0n) is 18.6. The molecule has 0 radical (unpaired) electrons. The lowest BCUT2D eigenvalue weighted by molar-refractivity contribution is 0.0926. The molecule has 164 valence electrons. The van der Waals surface area contributed by atoms with Gasteiger partial charge >= 0.3 is 0 Å². The number of benzene rings is 2. The number of methoxy groups -OCH3 is 1. The molecule has 1 amide bonds. The van der Waals surface area contributed by atoms with Crippen molar-refractivity contribution in [3.63, 3.8) is 0 Å². The molecule has 31 heavy (non-hydrogen) atoms. The number of hydrogen-bond donors (Lipinski definition) is 3. The zero-order valence-corrected chi connectivity index (χ0v) is 18.6. The van der Waals surface area contributed by atoms with E-state index < -0.39 is 0 Å². The van der Waals surface area contributed by atoms with Gasteiger partial charge in [0.2, 0.25) is 0 Å². The molecule has 1 fully saturated rings. The first-order valence-corrected chi connectivity index (χ1v) is 10.8. The molecule has 0 atom stereocenters. The summed E-state index contributed by atoms with van der Waals surface area (Å²) in [4.78, 5) is 13.3. The topological polar surface area (TPSA) is 70.6 Å². The quantitative estimate of drug-likeness (QED) is 0.454. The minimum atomic E-state index is -0.252. The van der Waals surface area contributed by atoms with Crippen molar-refractivity contribution in [1.82, 2.24) is 10.6 Å². The Morgan fingerprint density at radius 1 is 1.19 bits per heavy atom. The minimum absolute atomic E-state index is 0.0176. The van der Waals surface area contributed by atoms with Gasteiger partial charge in [0, 0.05) is 11.6 Å². The Morgan fingerprint density at radius 3 is 2.55 bits per heavy atom. The number of aromatic hydroxyl groups is 1. The SMILES string of the molecule is COc1cc(/C=C/c2ccccc2)c(C(=O)NC2CCNCC2)c(O)c1CC=C(C)C. The van der Waals surface area contributed by atoms with Gasteiger partial charge in [-0.25, -0.2) is 0 Å². The van der Waals surface area contributed by atoms with Crippen LogP contribution in [0.25, 0.3) is 12.2 Å². The molecule has 2 aromatic rings. The fraction of sp³-hybridized carbons (Fsp3) is 0.346. The number of phenolic OH excluding ortho intramolecular Hbond substituents is 1. The first-order valence-electron chi connectivity index (χ1n) is 10.8. The van der Waals surface area contributed by atoms with Gasteiger partial charge in [-0.05, 0) is 63.4 Å². The predicted octanol–water partition coefficient (Wildman–Crippen LogP) is 4.56.